The molecule has 3 heteroatoms. The first kappa shape index (κ1) is 15.4. The van der Waals surface area contributed by atoms with E-state index in [0.717, 1.165) is 32.1 Å². The Morgan fingerprint density at radius 1 is 1.06 bits per heavy atom. The molecule has 0 aromatic carbocycles. The number of hydrogen-bond donors (Lipinski definition) is 1. The monoisotopic (exact) mass is 229 g/mol. The van der Waals surface area contributed by atoms with Crippen LogP contribution < -0.4 is 5.73 Å². The van der Waals surface area contributed by atoms with Crippen molar-refractivity contribution in [1.82, 2.24) is 0 Å². The Balaban J connectivity index is 4.15. The smallest absolute Gasteiger partial charge is 0.326 e. The molecule has 0 saturated carbocycles. The molecular formula is C13H27NO2. The fourth-order valence-corrected chi connectivity index (χ4v) is 1.92. The molecule has 1 atom stereocenters. The summed E-state index contributed by atoms with van der Waals surface area (Å²) in [6, 6.07) is 0. The minimum absolute atomic E-state index is 0.228. The maximum Gasteiger partial charge on any atom is 0.326 e. The van der Waals surface area contributed by atoms with Gasteiger partial charge in [0, 0.05) is 0 Å². The number of nitrogens with two attached hydrogens (primary N) is 1. The number of hydrogen-bond acceptors (Lipinski definition) is 3. The highest BCUT2D eigenvalue weighted by atomic mass is 16.5. The summed E-state index contributed by atoms with van der Waals surface area (Å²) >= 11 is 0. The lowest BCUT2D eigenvalue weighted by Gasteiger charge is -2.26. The van der Waals surface area contributed by atoms with E-state index in [9.17, 15) is 4.79 Å². The van der Waals surface area contributed by atoms with Gasteiger partial charge in [-0.3, -0.25) is 4.79 Å². The van der Waals surface area contributed by atoms with Gasteiger partial charge in [0.1, 0.15) is 5.54 Å². The van der Waals surface area contributed by atoms with Crippen molar-refractivity contribution in [3.05, 3.63) is 0 Å². The molecule has 0 fully saturated rings. The highest BCUT2D eigenvalue weighted by Crippen LogP contribution is 2.20. The van der Waals surface area contributed by atoms with Crippen LogP contribution in [0.5, 0.6) is 0 Å². The van der Waals surface area contributed by atoms with Gasteiger partial charge >= 0.3 is 5.97 Å². The van der Waals surface area contributed by atoms with Gasteiger partial charge in [0.25, 0.3) is 0 Å². The van der Waals surface area contributed by atoms with Crippen LogP contribution in [-0.4, -0.2) is 18.1 Å². The lowest BCUT2D eigenvalue weighted by atomic mass is 9.88. The largest absolute Gasteiger partial charge is 0.465 e. The zero-order valence-corrected chi connectivity index (χ0v) is 11.1. The Morgan fingerprint density at radius 2 is 1.75 bits per heavy atom. The highest BCUT2D eigenvalue weighted by Gasteiger charge is 2.33. The van der Waals surface area contributed by atoms with Gasteiger partial charge in [0.05, 0.1) is 6.61 Å². The van der Waals surface area contributed by atoms with Gasteiger partial charge in [-0.05, 0) is 19.8 Å². The second kappa shape index (κ2) is 8.57. The topological polar surface area (TPSA) is 52.3 Å². The number of carbonyl (C=O) groups excluding carboxylic acids is 1. The predicted octanol–water partition coefficient (Wildman–Crippen LogP) is 3.02. The van der Waals surface area contributed by atoms with Gasteiger partial charge in [-0.1, -0.05) is 46.0 Å². The van der Waals surface area contributed by atoms with Crippen LogP contribution in [0.25, 0.3) is 0 Å². The Labute approximate surface area is 99.7 Å². The second-order valence-corrected chi connectivity index (χ2v) is 4.44. The van der Waals surface area contributed by atoms with Crippen molar-refractivity contribution >= 4 is 5.97 Å². The molecule has 0 spiro atoms. The number of rotatable bonds is 9. The lowest BCUT2D eigenvalue weighted by molar-refractivity contribution is -0.150. The van der Waals surface area contributed by atoms with Gasteiger partial charge in [-0.2, -0.15) is 0 Å². The van der Waals surface area contributed by atoms with Gasteiger partial charge in [-0.15, -0.1) is 0 Å². The average Bonchev–Trinajstić information content (AvgIpc) is 2.25. The number of carbonyl (C=O) groups is 1. The summed E-state index contributed by atoms with van der Waals surface area (Å²) in [6.45, 7) is 6.46. The third-order valence-corrected chi connectivity index (χ3v) is 2.85. The molecule has 96 valence electrons. The van der Waals surface area contributed by atoms with E-state index in [0.29, 0.717) is 6.61 Å². The molecule has 2 N–H and O–H groups in total. The summed E-state index contributed by atoms with van der Waals surface area (Å²) in [5.41, 5.74) is 5.39. The minimum atomic E-state index is -0.751. The molecule has 0 bridgehead atoms. The van der Waals surface area contributed by atoms with Gasteiger partial charge in [-0.25, -0.2) is 0 Å². The molecule has 0 heterocycles. The standard InChI is InChI=1S/C13H27NO2/c1-4-7-8-9-11-13(14,10-5-2)12(15)16-6-3/h4-11,14H2,1-3H3. The number of ether oxygens (including phenoxy) is 1. The fourth-order valence-electron chi connectivity index (χ4n) is 1.92. The molecule has 0 aliphatic rings. The van der Waals surface area contributed by atoms with Crippen molar-refractivity contribution in [2.45, 2.75) is 71.3 Å². The fraction of sp³-hybridized carbons (Fsp3) is 0.923. The lowest BCUT2D eigenvalue weighted by Crippen LogP contribution is -2.49. The van der Waals surface area contributed by atoms with E-state index < -0.39 is 5.54 Å². The Bertz CT molecular complexity index is 194. The molecule has 0 aliphatic carbocycles. The number of unbranched alkanes of at least 4 members (excludes halogenated alkanes) is 3. The van der Waals surface area contributed by atoms with E-state index >= 15 is 0 Å². The highest BCUT2D eigenvalue weighted by molar-refractivity contribution is 5.80. The van der Waals surface area contributed by atoms with E-state index in [-0.39, 0.29) is 5.97 Å². The van der Waals surface area contributed by atoms with Crippen LogP contribution >= 0.6 is 0 Å². The molecule has 0 rings (SSSR count). The van der Waals surface area contributed by atoms with Gasteiger partial charge < -0.3 is 10.5 Å². The molecular weight excluding hydrogens is 202 g/mol. The Morgan fingerprint density at radius 3 is 2.25 bits per heavy atom. The van der Waals surface area contributed by atoms with Crippen LogP contribution in [-0.2, 0) is 9.53 Å². The molecule has 0 amide bonds. The van der Waals surface area contributed by atoms with E-state index in [2.05, 4.69) is 6.92 Å². The van der Waals surface area contributed by atoms with Crippen LogP contribution in [0, 0.1) is 0 Å². The molecule has 1 unspecified atom stereocenters. The van der Waals surface area contributed by atoms with Crippen molar-refractivity contribution in [3.8, 4) is 0 Å². The van der Waals surface area contributed by atoms with Crippen molar-refractivity contribution in [1.29, 1.82) is 0 Å². The molecule has 3 nitrogen and oxygen atoms in total. The van der Waals surface area contributed by atoms with Crippen molar-refractivity contribution in [2.75, 3.05) is 6.61 Å². The van der Waals surface area contributed by atoms with E-state index in [1.165, 1.54) is 12.8 Å². The van der Waals surface area contributed by atoms with Crippen LogP contribution in [0.1, 0.15) is 65.7 Å². The maximum atomic E-state index is 11.8. The van der Waals surface area contributed by atoms with Crippen LogP contribution in [0.15, 0.2) is 0 Å². The average molecular weight is 229 g/mol. The van der Waals surface area contributed by atoms with Crippen LogP contribution in [0.4, 0.5) is 0 Å². The summed E-state index contributed by atoms with van der Waals surface area (Å²) in [5, 5.41) is 0. The quantitative estimate of drug-likeness (QED) is 0.488. The first-order valence-corrected chi connectivity index (χ1v) is 6.56. The Hall–Kier alpha value is -0.570. The van der Waals surface area contributed by atoms with Crippen molar-refractivity contribution in [2.24, 2.45) is 5.73 Å². The molecule has 0 radical (unpaired) electrons. The summed E-state index contributed by atoms with van der Waals surface area (Å²) in [6.07, 6.45) is 6.97. The summed E-state index contributed by atoms with van der Waals surface area (Å²) < 4.78 is 5.05. The zero-order valence-electron chi connectivity index (χ0n) is 11.1. The first-order valence-electron chi connectivity index (χ1n) is 6.56. The second-order valence-electron chi connectivity index (χ2n) is 4.44. The molecule has 0 aromatic heterocycles. The first-order chi connectivity index (χ1) is 7.60. The molecule has 0 saturated heterocycles. The normalized spacial score (nSPS) is 14.5. The third kappa shape index (κ3) is 5.50. The van der Waals surface area contributed by atoms with Gasteiger partial charge in [0.15, 0.2) is 0 Å². The summed E-state index contributed by atoms with van der Waals surface area (Å²) in [7, 11) is 0. The van der Waals surface area contributed by atoms with Crippen LogP contribution in [0.3, 0.4) is 0 Å². The van der Waals surface area contributed by atoms with Crippen molar-refractivity contribution < 1.29 is 9.53 Å². The SMILES string of the molecule is CCCCCCC(N)(CCC)C(=O)OCC. The minimum Gasteiger partial charge on any atom is -0.465 e. The molecule has 16 heavy (non-hydrogen) atoms. The van der Waals surface area contributed by atoms with E-state index in [1.54, 1.807) is 0 Å². The predicted molar refractivity (Wildman–Crippen MR) is 67.2 cm³/mol. The molecule has 0 aliphatic heterocycles. The summed E-state index contributed by atoms with van der Waals surface area (Å²) in [4.78, 5) is 11.8. The van der Waals surface area contributed by atoms with E-state index in [4.69, 9.17) is 10.5 Å². The Kier molecular flexibility index (Phi) is 8.26. The molecule has 0 aromatic rings. The number of esters is 1. The maximum absolute atomic E-state index is 11.8. The van der Waals surface area contributed by atoms with Gasteiger partial charge in [0.2, 0.25) is 0 Å². The van der Waals surface area contributed by atoms with Crippen molar-refractivity contribution in [3.63, 3.8) is 0 Å². The van der Waals surface area contributed by atoms with Crippen LogP contribution in [0.2, 0.25) is 0 Å². The third-order valence-electron chi connectivity index (χ3n) is 2.85. The zero-order chi connectivity index (χ0) is 12.4. The van der Waals surface area contributed by atoms with E-state index in [1.807, 2.05) is 13.8 Å². The summed E-state index contributed by atoms with van der Waals surface area (Å²) in [5.74, 6) is -0.228.